The third-order valence-electron chi connectivity index (χ3n) is 2.88. The molecule has 1 aliphatic heterocycles. The third kappa shape index (κ3) is 5.76. The number of carbonyl (C=O) groups excluding carboxylic acids is 3. The molecule has 0 aromatic carbocycles. The molecular formula is C14H19BrO7. The molecule has 0 radical (unpaired) electrons. The molecular weight excluding hydrogens is 360 g/mol. The van der Waals surface area contributed by atoms with E-state index in [0.717, 1.165) is 0 Å². The monoisotopic (exact) mass is 378 g/mol. The van der Waals surface area contributed by atoms with Crippen LogP contribution in [0.5, 0.6) is 0 Å². The number of rotatable bonds is 5. The van der Waals surface area contributed by atoms with E-state index in [1.54, 1.807) is 0 Å². The highest BCUT2D eigenvalue weighted by Gasteiger charge is 2.46. The van der Waals surface area contributed by atoms with Gasteiger partial charge in [-0.05, 0) is 4.48 Å². The maximum absolute atomic E-state index is 11.3. The molecule has 8 heteroatoms. The Morgan fingerprint density at radius 2 is 1.55 bits per heavy atom. The van der Waals surface area contributed by atoms with Gasteiger partial charge in [0.05, 0.1) is 6.61 Å². The highest BCUT2D eigenvalue weighted by molar-refractivity contribution is 9.11. The van der Waals surface area contributed by atoms with E-state index >= 15 is 0 Å². The first-order valence-electron chi connectivity index (χ1n) is 6.67. The Morgan fingerprint density at radius 1 is 1.05 bits per heavy atom. The van der Waals surface area contributed by atoms with Crippen molar-refractivity contribution in [2.24, 2.45) is 0 Å². The summed E-state index contributed by atoms with van der Waals surface area (Å²) >= 11 is 3.22. The molecule has 0 saturated carbocycles. The van der Waals surface area contributed by atoms with Gasteiger partial charge in [0.2, 0.25) is 0 Å². The zero-order valence-corrected chi connectivity index (χ0v) is 14.3. The van der Waals surface area contributed by atoms with E-state index in [4.69, 9.17) is 18.9 Å². The topological polar surface area (TPSA) is 88.1 Å². The van der Waals surface area contributed by atoms with E-state index in [9.17, 15) is 14.4 Å². The van der Waals surface area contributed by atoms with Crippen LogP contribution in [0.15, 0.2) is 11.1 Å². The zero-order chi connectivity index (χ0) is 16.9. The van der Waals surface area contributed by atoms with E-state index in [1.807, 2.05) is 0 Å². The zero-order valence-electron chi connectivity index (χ0n) is 12.7. The Morgan fingerprint density at radius 3 is 2.00 bits per heavy atom. The minimum atomic E-state index is -0.934. The molecule has 1 rings (SSSR count). The standard InChI is InChI=1S/C14H19BrO7/c1-7(15)5-11-13(21-9(3)17)14(22-10(4)18)12(6-19-11)20-8(2)16/h11-14H,1,5-6H2,2-4H3/t11-,12-,13+,14-/m1/s1. The maximum Gasteiger partial charge on any atom is 0.303 e. The molecule has 7 nitrogen and oxygen atoms in total. The molecule has 124 valence electrons. The highest BCUT2D eigenvalue weighted by Crippen LogP contribution is 2.28. The van der Waals surface area contributed by atoms with Crippen molar-refractivity contribution in [1.82, 2.24) is 0 Å². The summed E-state index contributed by atoms with van der Waals surface area (Å²) in [6, 6.07) is 0. The summed E-state index contributed by atoms with van der Waals surface area (Å²) in [6.45, 7) is 7.44. The van der Waals surface area contributed by atoms with Crippen LogP contribution in [-0.4, -0.2) is 48.9 Å². The lowest BCUT2D eigenvalue weighted by Gasteiger charge is -2.40. The average molecular weight is 379 g/mol. The molecule has 1 aliphatic rings. The van der Waals surface area contributed by atoms with E-state index < -0.39 is 42.3 Å². The summed E-state index contributed by atoms with van der Waals surface area (Å²) in [5.74, 6) is -1.67. The SMILES string of the molecule is C=C(Br)C[C@H]1OC[C@@H](OC(C)=O)[C@@H](OC(C)=O)[C@H]1OC(C)=O. The van der Waals surface area contributed by atoms with Gasteiger partial charge in [0, 0.05) is 27.2 Å². The molecule has 4 atom stereocenters. The van der Waals surface area contributed by atoms with Crippen LogP contribution in [0.25, 0.3) is 0 Å². The summed E-state index contributed by atoms with van der Waals surface area (Å²) in [5.41, 5.74) is 0. The maximum atomic E-state index is 11.3. The fourth-order valence-corrected chi connectivity index (χ4v) is 2.53. The van der Waals surface area contributed by atoms with Gasteiger partial charge in [-0.15, -0.1) is 0 Å². The van der Waals surface area contributed by atoms with Crippen LogP contribution < -0.4 is 0 Å². The number of halogens is 1. The van der Waals surface area contributed by atoms with Crippen molar-refractivity contribution >= 4 is 33.8 Å². The Kier molecular flexibility index (Phi) is 7.02. The summed E-state index contributed by atoms with van der Waals surface area (Å²) in [6.07, 6.45) is -2.88. The minimum Gasteiger partial charge on any atom is -0.456 e. The van der Waals surface area contributed by atoms with Crippen LogP contribution in [0.1, 0.15) is 27.2 Å². The van der Waals surface area contributed by atoms with E-state index in [0.29, 0.717) is 10.9 Å². The van der Waals surface area contributed by atoms with Crippen LogP contribution >= 0.6 is 15.9 Å². The lowest BCUT2D eigenvalue weighted by atomic mass is 9.97. The summed E-state index contributed by atoms with van der Waals surface area (Å²) in [7, 11) is 0. The van der Waals surface area contributed by atoms with E-state index in [2.05, 4.69) is 22.5 Å². The Hall–Kier alpha value is -1.41. The molecule has 0 N–H and O–H groups in total. The molecule has 0 aromatic heterocycles. The molecule has 0 bridgehead atoms. The van der Waals surface area contributed by atoms with Crippen molar-refractivity contribution in [2.45, 2.75) is 51.6 Å². The van der Waals surface area contributed by atoms with Crippen molar-refractivity contribution in [1.29, 1.82) is 0 Å². The molecule has 1 fully saturated rings. The average Bonchev–Trinajstić information content (AvgIpc) is 2.34. The Balaban J connectivity index is 3.03. The smallest absolute Gasteiger partial charge is 0.303 e. The fourth-order valence-electron chi connectivity index (χ4n) is 2.21. The molecule has 1 saturated heterocycles. The fraction of sp³-hybridized carbons (Fsp3) is 0.643. The van der Waals surface area contributed by atoms with Gasteiger partial charge < -0.3 is 18.9 Å². The molecule has 0 aliphatic carbocycles. The lowest BCUT2D eigenvalue weighted by Crippen LogP contribution is -2.57. The molecule has 1 heterocycles. The summed E-state index contributed by atoms with van der Waals surface area (Å²) < 4.78 is 21.8. The van der Waals surface area contributed by atoms with Gasteiger partial charge >= 0.3 is 17.9 Å². The van der Waals surface area contributed by atoms with Crippen LogP contribution in [-0.2, 0) is 33.3 Å². The molecule has 0 aromatic rings. The van der Waals surface area contributed by atoms with Crippen LogP contribution in [0, 0.1) is 0 Å². The second-order valence-corrected chi connectivity index (χ2v) is 6.01. The van der Waals surface area contributed by atoms with Gasteiger partial charge in [0.15, 0.2) is 18.3 Å². The van der Waals surface area contributed by atoms with Crippen molar-refractivity contribution < 1.29 is 33.3 Å². The minimum absolute atomic E-state index is 0.0280. The molecule has 0 unspecified atom stereocenters. The van der Waals surface area contributed by atoms with Gasteiger partial charge in [-0.3, -0.25) is 14.4 Å². The van der Waals surface area contributed by atoms with Crippen LogP contribution in [0.4, 0.5) is 0 Å². The highest BCUT2D eigenvalue weighted by atomic mass is 79.9. The van der Waals surface area contributed by atoms with Gasteiger partial charge in [0.25, 0.3) is 0 Å². The third-order valence-corrected chi connectivity index (χ3v) is 3.20. The molecule has 0 amide bonds. The van der Waals surface area contributed by atoms with Crippen molar-refractivity contribution in [3.05, 3.63) is 11.1 Å². The summed E-state index contributed by atoms with van der Waals surface area (Å²) in [5, 5.41) is 0. The number of carbonyl (C=O) groups is 3. The Labute approximate surface area is 137 Å². The second-order valence-electron chi connectivity index (χ2n) is 4.89. The predicted octanol–water partition coefficient (Wildman–Crippen LogP) is 1.48. The van der Waals surface area contributed by atoms with Gasteiger partial charge in [0.1, 0.15) is 6.10 Å². The predicted molar refractivity (Wildman–Crippen MR) is 79.1 cm³/mol. The Bertz CT molecular complexity index is 420. The van der Waals surface area contributed by atoms with Crippen LogP contribution in [0.2, 0.25) is 0 Å². The first kappa shape index (κ1) is 18.6. The van der Waals surface area contributed by atoms with E-state index in [-0.39, 0.29) is 6.61 Å². The number of hydrogen-bond acceptors (Lipinski definition) is 7. The number of esters is 3. The first-order chi connectivity index (χ1) is 10.2. The second kappa shape index (κ2) is 8.28. The normalized spacial score (nSPS) is 27.6. The van der Waals surface area contributed by atoms with Crippen molar-refractivity contribution in [3.8, 4) is 0 Å². The molecule has 22 heavy (non-hydrogen) atoms. The van der Waals surface area contributed by atoms with Crippen molar-refractivity contribution in [3.63, 3.8) is 0 Å². The van der Waals surface area contributed by atoms with Crippen molar-refractivity contribution in [2.75, 3.05) is 6.61 Å². The van der Waals surface area contributed by atoms with E-state index in [1.165, 1.54) is 20.8 Å². The van der Waals surface area contributed by atoms with Gasteiger partial charge in [-0.25, -0.2) is 0 Å². The van der Waals surface area contributed by atoms with Crippen LogP contribution in [0.3, 0.4) is 0 Å². The quantitative estimate of drug-likeness (QED) is 0.528. The van der Waals surface area contributed by atoms with Gasteiger partial charge in [-0.1, -0.05) is 22.5 Å². The first-order valence-corrected chi connectivity index (χ1v) is 7.46. The number of ether oxygens (including phenoxy) is 4. The largest absolute Gasteiger partial charge is 0.456 e. The summed E-state index contributed by atoms with van der Waals surface area (Å²) in [4.78, 5) is 33.9. The molecule has 0 spiro atoms. The number of hydrogen-bond donors (Lipinski definition) is 0. The lowest BCUT2D eigenvalue weighted by molar-refractivity contribution is -0.225. The van der Waals surface area contributed by atoms with Gasteiger partial charge in [-0.2, -0.15) is 0 Å².